The molecule has 0 radical (unpaired) electrons. The number of hydrogen-bond donors (Lipinski definition) is 2. The first-order chi connectivity index (χ1) is 9.00. The molecule has 104 valence electrons. The third kappa shape index (κ3) is 2.96. The number of ether oxygens (including phenoxy) is 1. The summed E-state index contributed by atoms with van der Waals surface area (Å²) in [5.41, 5.74) is 6.31. The highest BCUT2D eigenvalue weighted by Crippen LogP contribution is 2.41. The monoisotopic (exact) mass is 282 g/mol. The van der Waals surface area contributed by atoms with Crippen LogP contribution in [0.25, 0.3) is 0 Å². The first-order valence-electron chi connectivity index (χ1n) is 6.12. The second kappa shape index (κ2) is 5.71. The Balaban J connectivity index is 2.34. The Morgan fingerprint density at radius 3 is 2.84 bits per heavy atom. The van der Waals surface area contributed by atoms with Crippen molar-refractivity contribution in [2.75, 3.05) is 6.54 Å². The average molecular weight is 282 g/mol. The first-order valence-corrected chi connectivity index (χ1v) is 7.29. The van der Waals surface area contributed by atoms with Gasteiger partial charge in [0, 0.05) is 11.5 Å². The summed E-state index contributed by atoms with van der Waals surface area (Å²) >= 11 is -1.94. The van der Waals surface area contributed by atoms with Gasteiger partial charge in [0.05, 0.1) is 17.6 Å². The highest BCUT2D eigenvalue weighted by Gasteiger charge is 2.38. The van der Waals surface area contributed by atoms with E-state index in [-0.39, 0.29) is 12.0 Å². The van der Waals surface area contributed by atoms with Crippen LogP contribution < -0.4 is 10.5 Å². The minimum atomic E-state index is -1.94. The summed E-state index contributed by atoms with van der Waals surface area (Å²) in [6, 6.07) is 7.34. The van der Waals surface area contributed by atoms with Crippen LogP contribution in [-0.4, -0.2) is 27.2 Å². The molecule has 0 saturated heterocycles. The normalized spacial score (nSPS) is 28.4. The fourth-order valence-electron chi connectivity index (χ4n) is 2.30. The highest BCUT2D eigenvalue weighted by atomic mass is 32.2. The molecule has 0 bridgehead atoms. The van der Waals surface area contributed by atoms with Gasteiger partial charge < -0.3 is 15.0 Å². The molecule has 1 aliphatic rings. The van der Waals surface area contributed by atoms with Gasteiger partial charge in [-0.15, -0.1) is 0 Å². The van der Waals surface area contributed by atoms with Gasteiger partial charge in [-0.2, -0.15) is 0 Å². The van der Waals surface area contributed by atoms with E-state index in [9.17, 15) is 8.76 Å². The van der Waals surface area contributed by atoms with Gasteiger partial charge >= 0.3 is 0 Å². The molecule has 0 amide bonds. The van der Waals surface area contributed by atoms with Crippen molar-refractivity contribution in [3.05, 3.63) is 29.8 Å². The van der Waals surface area contributed by atoms with Gasteiger partial charge in [-0.3, -0.25) is 4.99 Å². The van der Waals surface area contributed by atoms with Crippen molar-refractivity contribution in [1.82, 2.24) is 0 Å². The number of rotatable bonds is 3. The van der Waals surface area contributed by atoms with E-state index in [1.807, 2.05) is 31.2 Å². The fraction of sp³-hybridized carbons (Fsp3) is 0.462. The summed E-state index contributed by atoms with van der Waals surface area (Å²) in [4.78, 5) is 4.15. The Kier molecular flexibility index (Phi) is 4.21. The molecule has 4 atom stereocenters. The molecule has 1 heterocycles. The molecular formula is C13H18N2O3S. The topological polar surface area (TPSA) is 84.9 Å². The lowest BCUT2D eigenvalue weighted by molar-refractivity contribution is 0.125. The minimum Gasteiger partial charge on any atom is -0.488 e. The summed E-state index contributed by atoms with van der Waals surface area (Å²) in [7, 11) is 0. The molecule has 5 nitrogen and oxygen atoms in total. The summed E-state index contributed by atoms with van der Waals surface area (Å²) in [5.74, 6) is 1.03. The van der Waals surface area contributed by atoms with Gasteiger partial charge in [0.2, 0.25) is 0 Å². The second-order valence-electron chi connectivity index (χ2n) is 4.73. The molecule has 6 heteroatoms. The molecule has 1 aromatic carbocycles. The standard InChI is InChI=1S/C13H18N2O3S/c1-8-12(7-15-9(2)14)18-11-6-4-3-5-10(11)13(8)19(16)17/h3-6,8,12-13H,7H2,1-2H3,(H2,14,15)(H,16,17). The Labute approximate surface area is 115 Å². The van der Waals surface area contributed by atoms with E-state index >= 15 is 0 Å². The molecule has 0 saturated carbocycles. The van der Waals surface area contributed by atoms with Gasteiger partial charge in [-0.25, -0.2) is 4.21 Å². The van der Waals surface area contributed by atoms with Crippen LogP contribution in [0.4, 0.5) is 0 Å². The largest absolute Gasteiger partial charge is 0.488 e. The number of aliphatic imine (C=N–C) groups is 1. The zero-order valence-electron chi connectivity index (χ0n) is 10.9. The van der Waals surface area contributed by atoms with Gasteiger partial charge in [0.1, 0.15) is 11.9 Å². The van der Waals surface area contributed by atoms with E-state index in [1.54, 1.807) is 6.92 Å². The maximum absolute atomic E-state index is 11.6. The highest BCUT2D eigenvalue weighted by molar-refractivity contribution is 7.79. The number of amidine groups is 1. The molecule has 0 aliphatic carbocycles. The van der Waals surface area contributed by atoms with Gasteiger partial charge in [-0.05, 0) is 13.0 Å². The SMILES string of the molecule is CC(N)=NCC1Oc2ccccc2C(S(=O)O)C1C. The average Bonchev–Trinajstić information content (AvgIpc) is 2.35. The van der Waals surface area contributed by atoms with Gasteiger partial charge in [0.15, 0.2) is 11.1 Å². The molecule has 1 aromatic rings. The van der Waals surface area contributed by atoms with Crippen LogP contribution in [0, 0.1) is 5.92 Å². The van der Waals surface area contributed by atoms with Crippen LogP contribution >= 0.6 is 0 Å². The van der Waals surface area contributed by atoms with Crippen LogP contribution in [0.1, 0.15) is 24.7 Å². The van der Waals surface area contributed by atoms with Crippen molar-refractivity contribution in [3.8, 4) is 5.75 Å². The maximum atomic E-state index is 11.6. The number of nitrogens with zero attached hydrogens (tertiary/aromatic N) is 1. The van der Waals surface area contributed by atoms with Crippen LogP contribution in [0.3, 0.4) is 0 Å². The molecule has 1 aliphatic heterocycles. The Hall–Kier alpha value is -1.40. The van der Waals surface area contributed by atoms with Crippen molar-refractivity contribution in [1.29, 1.82) is 0 Å². The lowest BCUT2D eigenvalue weighted by Gasteiger charge is -2.35. The molecule has 0 aromatic heterocycles. The summed E-state index contributed by atoms with van der Waals surface area (Å²) < 4.78 is 27.0. The smallest absolute Gasteiger partial charge is 0.161 e. The molecule has 0 spiro atoms. The third-order valence-electron chi connectivity index (χ3n) is 3.31. The number of benzene rings is 1. The molecule has 0 fully saturated rings. The lowest BCUT2D eigenvalue weighted by atomic mass is 9.91. The van der Waals surface area contributed by atoms with Crippen molar-refractivity contribution in [2.45, 2.75) is 25.2 Å². The van der Waals surface area contributed by atoms with E-state index in [4.69, 9.17) is 10.5 Å². The van der Waals surface area contributed by atoms with Crippen molar-refractivity contribution in [2.24, 2.45) is 16.6 Å². The van der Waals surface area contributed by atoms with E-state index in [0.29, 0.717) is 18.1 Å². The maximum Gasteiger partial charge on any atom is 0.161 e. The van der Waals surface area contributed by atoms with Crippen molar-refractivity contribution in [3.63, 3.8) is 0 Å². The predicted molar refractivity (Wildman–Crippen MR) is 75.7 cm³/mol. The molecule has 3 N–H and O–H groups in total. The van der Waals surface area contributed by atoms with Gasteiger partial charge in [-0.1, -0.05) is 25.1 Å². The Morgan fingerprint density at radius 2 is 2.21 bits per heavy atom. The third-order valence-corrected chi connectivity index (χ3v) is 4.42. The second-order valence-corrected chi connectivity index (χ2v) is 5.79. The van der Waals surface area contributed by atoms with Gasteiger partial charge in [0.25, 0.3) is 0 Å². The van der Waals surface area contributed by atoms with E-state index in [2.05, 4.69) is 4.99 Å². The molecule has 4 unspecified atom stereocenters. The van der Waals surface area contributed by atoms with E-state index in [1.165, 1.54) is 0 Å². The van der Waals surface area contributed by atoms with Crippen LogP contribution in [0.2, 0.25) is 0 Å². The lowest BCUT2D eigenvalue weighted by Crippen LogP contribution is -2.38. The quantitative estimate of drug-likeness (QED) is 0.502. The molecule has 19 heavy (non-hydrogen) atoms. The van der Waals surface area contributed by atoms with E-state index < -0.39 is 16.3 Å². The molecule has 2 rings (SSSR count). The zero-order chi connectivity index (χ0) is 14.0. The number of fused-ring (bicyclic) bond motifs is 1. The van der Waals surface area contributed by atoms with Crippen LogP contribution in [0.5, 0.6) is 5.75 Å². The summed E-state index contributed by atoms with van der Waals surface area (Å²) in [5, 5.41) is -0.455. The predicted octanol–water partition coefficient (Wildman–Crippen LogP) is 1.72. The van der Waals surface area contributed by atoms with Crippen molar-refractivity contribution >= 4 is 16.9 Å². The van der Waals surface area contributed by atoms with Crippen LogP contribution in [0.15, 0.2) is 29.3 Å². The number of para-hydroxylation sites is 1. The van der Waals surface area contributed by atoms with E-state index in [0.717, 1.165) is 5.56 Å². The van der Waals surface area contributed by atoms with Crippen molar-refractivity contribution < 1.29 is 13.5 Å². The first kappa shape index (κ1) is 14.0. The fourth-order valence-corrected chi connectivity index (χ4v) is 3.26. The Morgan fingerprint density at radius 1 is 1.53 bits per heavy atom. The zero-order valence-corrected chi connectivity index (χ0v) is 11.8. The van der Waals surface area contributed by atoms with Crippen LogP contribution in [-0.2, 0) is 11.1 Å². The summed E-state index contributed by atoms with van der Waals surface area (Å²) in [6.45, 7) is 4.01. The number of hydrogen-bond acceptors (Lipinski definition) is 3. The summed E-state index contributed by atoms with van der Waals surface area (Å²) in [6.07, 6.45) is -0.241. The Bertz CT molecular complexity index is 514. The number of nitrogens with two attached hydrogens (primary N) is 1. The molecular weight excluding hydrogens is 264 g/mol. The minimum absolute atomic E-state index is 0.108.